The molecule has 1 aromatic carbocycles. The Balaban J connectivity index is 2.37. The molecule has 156 valence electrons. The molecule has 0 aliphatic heterocycles. The Hall–Kier alpha value is -1.18. The zero-order chi connectivity index (χ0) is 20.5. The largest absolute Gasteiger partial charge is 0.508 e. The van der Waals surface area contributed by atoms with Gasteiger partial charge in [0.2, 0.25) is 0 Å². The Morgan fingerprint density at radius 2 is 1.11 bits per heavy atom. The van der Waals surface area contributed by atoms with Gasteiger partial charge in [-0.3, -0.25) is 0 Å². The van der Waals surface area contributed by atoms with Crippen LogP contribution in [0.15, 0.2) is 12.1 Å². The molecule has 0 radical (unpaired) electrons. The van der Waals surface area contributed by atoms with Crippen molar-refractivity contribution in [1.82, 2.24) is 0 Å². The molecule has 1 rings (SSSR count). The van der Waals surface area contributed by atoms with Gasteiger partial charge in [-0.1, -0.05) is 73.6 Å². The van der Waals surface area contributed by atoms with E-state index in [-0.39, 0.29) is 0 Å². The summed E-state index contributed by atoms with van der Waals surface area (Å²) in [6, 6.07) is 3.57. The number of phenolic OH excluding ortho intramolecular Hbond substituents is 2. The van der Waals surface area contributed by atoms with Gasteiger partial charge >= 0.3 is 0 Å². The maximum absolute atomic E-state index is 10.3. The number of phenols is 2. The molecule has 2 nitrogen and oxygen atoms in total. The normalized spacial score (nSPS) is 12.5. The van der Waals surface area contributed by atoms with Crippen molar-refractivity contribution in [2.24, 2.45) is 10.8 Å². The van der Waals surface area contributed by atoms with Crippen LogP contribution in [-0.2, 0) is 12.8 Å². The van der Waals surface area contributed by atoms with Crippen molar-refractivity contribution >= 4 is 0 Å². The summed E-state index contributed by atoms with van der Waals surface area (Å²) >= 11 is 0. The summed E-state index contributed by atoms with van der Waals surface area (Å²) in [5, 5.41) is 20.7. The van der Waals surface area contributed by atoms with E-state index in [0.29, 0.717) is 22.3 Å². The van der Waals surface area contributed by atoms with Gasteiger partial charge in [0.1, 0.15) is 11.5 Å². The number of aromatic hydroxyl groups is 2. The monoisotopic (exact) mass is 376 g/mol. The fourth-order valence-electron chi connectivity index (χ4n) is 3.48. The van der Waals surface area contributed by atoms with Crippen LogP contribution in [0.5, 0.6) is 11.5 Å². The molecule has 0 heterocycles. The van der Waals surface area contributed by atoms with Gasteiger partial charge in [-0.15, -0.1) is 0 Å². The molecule has 0 aliphatic rings. The van der Waals surface area contributed by atoms with Gasteiger partial charge in [0, 0.05) is 0 Å². The molecule has 0 aliphatic carbocycles. The van der Waals surface area contributed by atoms with Crippen LogP contribution in [-0.4, -0.2) is 10.2 Å². The van der Waals surface area contributed by atoms with Crippen LogP contribution >= 0.6 is 0 Å². The highest BCUT2D eigenvalue weighted by Gasteiger charge is 2.14. The molecule has 0 unspecified atom stereocenters. The van der Waals surface area contributed by atoms with Gasteiger partial charge in [-0.25, -0.2) is 0 Å². The van der Waals surface area contributed by atoms with Gasteiger partial charge < -0.3 is 10.2 Å². The van der Waals surface area contributed by atoms with Crippen molar-refractivity contribution in [3.8, 4) is 11.5 Å². The lowest BCUT2D eigenvalue weighted by Gasteiger charge is -2.22. The van der Waals surface area contributed by atoms with Crippen LogP contribution in [0.3, 0.4) is 0 Å². The predicted molar refractivity (Wildman–Crippen MR) is 118 cm³/mol. The highest BCUT2D eigenvalue weighted by atomic mass is 16.3. The minimum atomic E-state index is 0.350. The molecule has 0 saturated carbocycles. The van der Waals surface area contributed by atoms with E-state index < -0.39 is 0 Å². The van der Waals surface area contributed by atoms with Crippen molar-refractivity contribution in [3.05, 3.63) is 23.3 Å². The van der Waals surface area contributed by atoms with Crippen molar-refractivity contribution in [3.63, 3.8) is 0 Å². The van der Waals surface area contributed by atoms with Gasteiger partial charge in [-0.2, -0.15) is 0 Å². The number of aryl methyl sites for hydroxylation is 2. The molecule has 0 amide bonds. The fraction of sp³-hybridized carbons (Fsp3) is 0.760. The molecule has 2 heteroatoms. The molecule has 1 aromatic rings. The minimum Gasteiger partial charge on any atom is -0.508 e. The Kier molecular flexibility index (Phi) is 9.70. The van der Waals surface area contributed by atoms with Gasteiger partial charge in [-0.05, 0) is 72.6 Å². The molecule has 0 atom stereocenters. The first-order valence-corrected chi connectivity index (χ1v) is 11.1. The summed E-state index contributed by atoms with van der Waals surface area (Å²) < 4.78 is 0. The lowest BCUT2D eigenvalue weighted by molar-refractivity contribution is 0.307. The van der Waals surface area contributed by atoms with E-state index in [2.05, 4.69) is 41.5 Å². The third-order valence-electron chi connectivity index (χ3n) is 5.91. The number of unbranched alkanes of at least 4 members (excludes halogenated alkanes) is 4. The molecule has 2 N–H and O–H groups in total. The predicted octanol–water partition coefficient (Wildman–Crippen LogP) is 7.79. The first-order chi connectivity index (χ1) is 12.5. The Morgan fingerprint density at radius 1 is 0.667 bits per heavy atom. The van der Waals surface area contributed by atoms with E-state index >= 15 is 0 Å². The Labute approximate surface area is 168 Å². The summed E-state index contributed by atoms with van der Waals surface area (Å²) in [4.78, 5) is 0. The smallest absolute Gasteiger partial charge is 0.119 e. The van der Waals surface area contributed by atoms with Crippen molar-refractivity contribution in [1.29, 1.82) is 0 Å². The maximum Gasteiger partial charge on any atom is 0.119 e. The molecular weight excluding hydrogens is 332 g/mol. The molecule has 0 fully saturated rings. The van der Waals surface area contributed by atoms with Crippen molar-refractivity contribution < 1.29 is 10.2 Å². The zero-order valence-corrected chi connectivity index (χ0v) is 18.8. The lowest BCUT2D eigenvalue weighted by atomic mass is 9.84. The quantitative estimate of drug-likeness (QED) is 0.289. The third kappa shape index (κ3) is 10.1. The summed E-state index contributed by atoms with van der Waals surface area (Å²) in [5.41, 5.74) is 2.60. The average molecular weight is 377 g/mol. The Morgan fingerprint density at radius 3 is 1.59 bits per heavy atom. The van der Waals surface area contributed by atoms with Gasteiger partial charge in [0.05, 0.1) is 0 Å². The van der Waals surface area contributed by atoms with E-state index in [1.165, 1.54) is 38.5 Å². The van der Waals surface area contributed by atoms with Crippen molar-refractivity contribution in [2.45, 2.75) is 112 Å². The second-order valence-electron chi connectivity index (χ2n) is 10.3. The summed E-state index contributed by atoms with van der Waals surface area (Å²) in [6.45, 7) is 13.7. The van der Waals surface area contributed by atoms with Crippen LogP contribution in [0.25, 0.3) is 0 Å². The van der Waals surface area contributed by atoms with Crippen LogP contribution in [0.1, 0.15) is 110 Å². The minimum absolute atomic E-state index is 0.350. The lowest BCUT2D eigenvalue weighted by Crippen LogP contribution is -2.08. The van der Waals surface area contributed by atoms with Crippen molar-refractivity contribution in [2.75, 3.05) is 0 Å². The molecule has 0 bridgehead atoms. The van der Waals surface area contributed by atoms with E-state index in [4.69, 9.17) is 0 Å². The number of hydrogen-bond donors (Lipinski definition) is 2. The maximum atomic E-state index is 10.3. The standard InChI is InChI=1S/C25H44O2/c1-7-25(5,6)17-12-9-8-10-14-20-18-23(27)21(19-22(20)26)15-11-13-16-24(2,3)4/h18-19,26-27H,7-17H2,1-6H3. The second-order valence-corrected chi connectivity index (χ2v) is 10.3. The SMILES string of the molecule is CCC(C)(C)CCCCCCc1cc(O)c(CCCCC(C)(C)C)cc1O. The molecule has 0 aromatic heterocycles. The summed E-state index contributed by atoms with van der Waals surface area (Å²) in [5.74, 6) is 0.703. The highest BCUT2D eigenvalue weighted by Crippen LogP contribution is 2.31. The molecule has 0 spiro atoms. The van der Waals surface area contributed by atoms with E-state index in [1.54, 1.807) is 12.1 Å². The van der Waals surface area contributed by atoms with Crippen LogP contribution < -0.4 is 0 Å². The average Bonchev–Trinajstić information content (AvgIpc) is 2.57. The third-order valence-corrected chi connectivity index (χ3v) is 5.91. The van der Waals surface area contributed by atoms with E-state index in [9.17, 15) is 10.2 Å². The van der Waals surface area contributed by atoms with E-state index in [1.807, 2.05) is 0 Å². The summed E-state index contributed by atoms with van der Waals surface area (Å²) in [6.07, 6.45) is 12.4. The molecule has 0 saturated heterocycles. The van der Waals surface area contributed by atoms with Gasteiger partial charge in [0.15, 0.2) is 0 Å². The highest BCUT2D eigenvalue weighted by molar-refractivity contribution is 5.45. The summed E-state index contributed by atoms with van der Waals surface area (Å²) in [7, 11) is 0. The second kappa shape index (κ2) is 11.0. The number of rotatable bonds is 12. The first kappa shape index (κ1) is 23.9. The fourth-order valence-corrected chi connectivity index (χ4v) is 3.48. The van der Waals surface area contributed by atoms with Crippen LogP contribution in [0.2, 0.25) is 0 Å². The molecule has 27 heavy (non-hydrogen) atoms. The number of hydrogen-bond acceptors (Lipinski definition) is 2. The molecular formula is C25H44O2. The van der Waals surface area contributed by atoms with Crippen LogP contribution in [0.4, 0.5) is 0 Å². The van der Waals surface area contributed by atoms with Crippen LogP contribution in [0, 0.1) is 10.8 Å². The number of benzene rings is 1. The first-order valence-electron chi connectivity index (χ1n) is 11.1. The Bertz CT molecular complexity index is 552. The van der Waals surface area contributed by atoms with Gasteiger partial charge in [0.25, 0.3) is 0 Å². The zero-order valence-electron chi connectivity index (χ0n) is 18.8. The topological polar surface area (TPSA) is 40.5 Å². The van der Waals surface area contributed by atoms with E-state index in [0.717, 1.165) is 43.2 Å².